The molecule has 1 aromatic carbocycles. The van der Waals surface area contributed by atoms with E-state index in [2.05, 4.69) is 15.2 Å². The number of alkyl halides is 3. The summed E-state index contributed by atoms with van der Waals surface area (Å²) in [5.74, 6) is -0.237. The second-order valence-electron chi connectivity index (χ2n) is 5.93. The van der Waals surface area contributed by atoms with Crippen LogP contribution in [0.15, 0.2) is 29.3 Å². The summed E-state index contributed by atoms with van der Waals surface area (Å²) in [5, 5.41) is 0. The SMILES string of the molecule is NC(=O)CN1CCC2(CC1)N=C(c1ccc(OC(F)(F)F)cc1)NO2. The van der Waals surface area contributed by atoms with Gasteiger partial charge in [0.2, 0.25) is 5.91 Å². The van der Waals surface area contributed by atoms with Crippen LogP contribution in [0.25, 0.3) is 0 Å². The van der Waals surface area contributed by atoms with E-state index in [0.29, 0.717) is 37.3 Å². The van der Waals surface area contributed by atoms with Crippen molar-refractivity contribution in [3.05, 3.63) is 29.8 Å². The quantitative estimate of drug-likeness (QED) is 0.843. The zero-order valence-corrected chi connectivity index (χ0v) is 13.2. The molecule has 2 aliphatic heterocycles. The molecule has 0 aliphatic carbocycles. The monoisotopic (exact) mass is 358 g/mol. The molecule has 2 aliphatic rings. The molecule has 0 saturated carbocycles. The van der Waals surface area contributed by atoms with E-state index in [0.717, 1.165) is 0 Å². The lowest BCUT2D eigenvalue weighted by Crippen LogP contribution is -2.46. The van der Waals surface area contributed by atoms with Crippen molar-refractivity contribution < 1.29 is 27.5 Å². The van der Waals surface area contributed by atoms with Crippen molar-refractivity contribution in [2.45, 2.75) is 24.9 Å². The largest absolute Gasteiger partial charge is 0.573 e. The lowest BCUT2D eigenvalue weighted by Gasteiger charge is -2.34. The number of hydrogen-bond acceptors (Lipinski definition) is 6. The Kier molecular flexibility index (Phi) is 4.56. The van der Waals surface area contributed by atoms with E-state index in [9.17, 15) is 18.0 Å². The first-order chi connectivity index (χ1) is 11.7. The number of hydrogen-bond donors (Lipinski definition) is 2. The van der Waals surface area contributed by atoms with Crippen molar-refractivity contribution >= 4 is 11.7 Å². The van der Waals surface area contributed by atoms with Gasteiger partial charge < -0.3 is 10.5 Å². The Balaban J connectivity index is 1.65. The van der Waals surface area contributed by atoms with Crippen molar-refractivity contribution in [1.82, 2.24) is 10.4 Å². The number of aliphatic imine (C=N–C) groups is 1. The fourth-order valence-electron chi connectivity index (χ4n) is 2.83. The maximum atomic E-state index is 12.2. The minimum atomic E-state index is -4.73. The predicted molar refractivity (Wildman–Crippen MR) is 81.5 cm³/mol. The van der Waals surface area contributed by atoms with E-state index < -0.39 is 12.1 Å². The molecule has 1 spiro atoms. The van der Waals surface area contributed by atoms with Gasteiger partial charge in [-0.2, -0.15) is 0 Å². The highest BCUT2D eigenvalue weighted by Crippen LogP contribution is 2.31. The molecule has 1 amide bonds. The van der Waals surface area contributed by atoms with Crippen molar-refractivity contribution in [1.29, 1.82) is 0 Å². The van der Waals surface area contributed by atoms with E-state index in [1.807, 2.05) is 4.90 Å². The molecule has 0 bridgehead atoms. The molecular weight excluding hydrogens is 341 g/mol. The topological polar surface area (TPSA) is 89.2 Å². The van der Waals surface area contributed by atoms with Crippen LogP contribution in [-0.4, -0.2) is 48.4 Å². The third kappa shape index (κ3) is 4.40. The fraction of sp³-hybridized carbons (Fsp3) is 0.467. The number of hydroxylamine groups is 1. The second kappa shape index (κ2) is 6.52. The van der Waals surface area contributed by atoms with Gasteiger partial charge in [0.25, 0.3) is 0 Å². The number of amides is 1. The van der Waals surface area contributed by atoms with Gasteiger partial charge in [0.1, 0.15) is 5.75 Å². The van der Waals surface area contributed by atoms with Gasteiger partial charge in [0, 0.05) is 31.5 Å². The molecule has 2 heterocycles. The number of nitrogens with one attached hydrogen (secondary N) is 1. The first-order valence-corrected chi connectivity index (χ1v) is 7.65. The maximum Gasteiger partial charge on any atom is 0.573 e. The van der Waals surface area contributed by atoms with Gasteiger partial charge >= 0.3 is 6.36 Å². The smallest absolute Gasteiger partial charge is 0.406 e. The Hall–Kier alpha value is -2.33. The van der Waals surface area contributed by atoms with Crippen molar-refractivity contribution in [2.24, 2.45) is 10.7 Å². The van der Waals surface area contributed by atoms with Crippen molar-refractivity contribution in [3.63, 3.8) is 0 Å². The molecule has 1 saturated heterocycles. The van der Waals surface area contributed by atoms with E-state index in [1.165, 1.54) is 24.3 Å². The summed E-state index contributed by atoms with van der Waals surface area (Å²) in [6.45, 7) is 1.42. The van der Waals surface area contributed by atoms with Crippen LogP contribution in [0.3, 0.4) is 0 Å². The van der Waals surface area contributed by atoms with Gasteiger partial charge in [-0.05, 0) is 24.3 Å². The Labute approximate surface area is 141 Å². The normalized spacial score (nSPS) is 20.2. The third-order valence-corrected chi connectivity index (χ3v) is 4.03. The molecule has 3 N–H and O–H groups in total. The average Bonchev–Trinajstić information content (AvgIpc) is 2.93. The molecule has 1 fully saturated rings. The molecule has 3 rings (SSSR count). The van der Waals surface area contributed by atoms with Gasteiger partial charge in [-0.15, -0.1) is 13.2 Å². The van der Waals surface area contributed by atoms with Crippen LogP contribution in [0, 0.1) is 0 Å². The number of nitrogens with two attached hydrogens (primary N) is 1. The number of ether oxygens (including phenoxy) is 1. The number of likely N-dealkylation sites (tertiary alicyclic amines) is 1. The molecular formula is C15H17F3N4O3. The van der Waals surface area contributed by atoms with Gasteiger partial charge in [-0.1, -0.05) is 0 Å². The number of nitrogens with zero attached hydrogens (tertiary/aromatic N) is 2. The molecule has 0 unspecified atom stereocenters. The van der Waals surface area contributed by atoms with E-state index in [1.54, 1.807) is 0 Å². The highest BCUT2D eigenvalue weighted by Gasteiger charge is 2.40. The number of amidine groups is 1. The van der Waals surface area contributed by atoms with Crippen LogP contribution in [0.1, 0.15) is 18.4 Å². The van der Waals surface area contributed by atoms with Gasteiger partial charge in [-0.3, -0.25) is 9.69 Å². The third-order valence-electron chi connectivity index (χ3n) is 4.03. The molecule has 10 heteroatoms. The van der Waals surface area contributed by atoms with Crippen LogP contribution in [0.2, 0.25) is 0 Å². The van der Waals surface area contributed by atoms with Crippen LogP contribution in [0.5, 0.6) is 5.75 Å². The van der Waals surface area contributed by atoms with Gasteiger partial charge in [0.05, 0.1) is 6.54 Å². The summed E-state index contributed by atoms with van der Waals surface area (Å²) in [5.41, 5.74) is 7.78. The lowest BCUT2D eigenvalue weighted by atomic mass is 10.0. The van der Waals surface area contributed by atoms with E-state index in [-0.39, 0.29) is 18.2 Å². The minimum Gasteiger partial charge on any atom is -0.406 e. The standard InChI is InChI=1S/C15H17F3N4O3/c16-15(17,18)24-11-3-1-10(2-4-11)13-20-14(25-21-13)5-7-22(8-6-14)9-12(19)23/h1-4H,5-9H2,(H2,19,23)(H,20,21). The van der Waals surface area contributed by atoms with Crippen LogP contribution in [-0.2, 0) is 9.63 Å². The Morgan fingerprint density at radius 3 is 2.52 bits per heavy atom. The number of benzene rings is 1. The van der Waals surface area contributed by atoms with Gasteiger partial charge in [0.15, 0.2) is 11.6 Å². The average molecular weight is 358 g/mol. The molecule has 136 valence electrons. The molecule has 7 nitrogen and oxygen atoms in total. The first-order valence-electron chi connectivity index (χ1n) is 7.65. The first kappa shape index (κ1) is 17.5. The highest BCUT2D eigenvalue weighted by molar-refractivity contribution is 5.99. The lowest BCUT2D eigenvalue weighted by molar-refractivity contribution is -0.274. The number of carbonyl (C=O) groups excluding carboxylic acids is 1. The molecule has 0 radical (unpaired) electrons. The Morgan fingerprint density at radius 1 is 1.32 bits per heavy atom. The van der Waals surface area contributed by atoms with Gasteiger partial charge in [-0.25, -0.2) is 15.3 Å². The number of carbonyl (C=O) groups is 1. The Morgan fingerprint density at radius 2 is 1.96 bits per heavy atom. The van der Waals surface area contributed by atoms with Crippen molar-refractivity contribution in [3.8, 4) is 5.75 Å². The predicted octanol–water partition coefficient (Wildman–Crippen LogP) is 1.14. The summed E-state index contributed by atoms with van der Waals surface area (Å²) in [6, 6.07) is 5.37. The zero-order chi connectivity index (χ0) is 18.1. The van der Waals surface area contributed by atoms with Crippen LogP contribution < -0.4 is 16.0 Å². The molecule has 25 heavy (non-hydrogen) atoms. The second-order valence-corrected chi connectivity index (χ2v) is 5.93. The number of piperidine rings is 1. The summed E-state index contributed by atoms with van der Waals surface area (Å²) < 4.78 is 40.4. The van der Waals surface area contributed by atoms with Crippen molar-refractivity contribution in [2.75, 3.05) is 19.6 Å². The summed E-state index contributed by atoms with van der Waals surface area (Å²) in [7, 11) is 0. The number of rotatable bonds is 4. The number of halogens is 3. The highest BCUT2D eigenvalue weighted by atomic mass is 19.4. The van der Waals surface area contributed by atoms with E-state index in [4.69, 9.17) is 10.6 Å². The van der Waals surface area contributed by atoms with Crippen LogP contribution >= 0.6 is 0 Å². The molecule has 0 atom stereocenters. The minimum absolute atomic E-state index is 0.195. The molecule has 1 aromatic rings. The summed E-state index contributed by atoms with van der Waals surface area (Å²) in [6.07, 6.45) is -3.57. The fourth-order valence-corrected chi connectivity index (χ4v) is 2.83. The van der Waals surface area contributed by atoms with E-state index >= 15 is 0 Å². The molecule has 0 aromatic heterocycles. The van der Waals surface area contributed by atoms with Crippen LogP contribution in [0.4, 0.5) is 13.2 Å². The number of primary amides is 1. The summed E-state index contributed by atoms with van der Waals surface area (Å²) in [4.78, 5) is 23.0. The zero-order valence-electron chi connectivity index (χ0n) is 13.2. The Bertz CT molecular complexity index is 668. The maximum absolute atomic E-state index is 12.2. The summed E-state index contributed by atoms with van der Waals surface area (Å²) >= 11 is 0.